The summed E-state index contributed by atoms with van der Waals surface area (Å²) < 4.78 is 32.4. The molecule has 0 atom stereocenters. The molecule has 0 aliphatic rings. The van der Waals surface area contributed by atoms with E-state index < -0.39 is 10.0 Å². The topological polar surface area (TPSA) is 107 Å². The zero-order valence-corrected chi connectivity index (χ0v) is 13.3. The molecule has 21 heavy (non-hydrogen) atoms. The van der Waals surface area contributed by atoms with Gasteiger partial charge in [-0.1, -0.05) is 11.3 Å². The van der Waals surface area contributed by atoms with E-state index in [2.05, 4.69) is 14.9 Å². The first kappa shape index (κ1) is 15.7. The third kappa shape index (κ3) is 3.69. The fourth-order valence-electron chi connectivity index (χ4n) is 1.69. The minimum atomic E-state index is -3.72. The van der Waals surface area contributed by atoms with Crippen LogP contribution in [0.4, 0.5) is 5.13 Å². The Balaban J connectivity index is 2.31. The van der Waals surface area contributed by atoms with Crippen LogP contribution < -0.4 is 15.2 Å². The molecule has 0 saturated heterocycles. The highest BCUT2D eigenvalue weighted by Gasteiger charge is 2.18. The van der Waals surface area contributed by atoms with E-state index in [0.29, 0.717) is 22.9 Å². The summed E-state index contributed by atoms with van der Waals surface area (Å²) in [7, 11) is -3.72. The van der Waals surface area contributed by atoms with E-state index >= 15 is 0 Å². The Bertz CT molecular complexity index is 728. The molecule has 0 bridgehead atoms. The minimum absolute atomic E-state index is 0.110. The van der Waals surface area contributed by atoms with Gasteiger partial charge in [-0.15, -0.1) is 10.2 Å². The normalized spacial score (nSPS) is 11.4. The number of sulfonamides is 1. The zero-order chi connectivity index (χ0) is 15.5. The van der Waals surface area contributed by atoms with E-state index in [1.807, 2.05) is 6.92 Å². The fourth-order valence-corrected chi connectivity index (χ4v) is 3.56. The van der Waals surface area contributed by atoms with Gasteiger partial charge < -0.3 is 10.5 Å². The molecule has 0 spiro atoms. The number of rotatable bonds is 6. The van der Waals surface area contributed by atoms with Crippen LogP contribution in [0.15, 0.2) is 23.1 Å². The highest BCUT2D eigenvalue weighted by atomic mass is 32.2. The monoisotopic (exact) mass is 328 g/mol. The van der Waals surface area contributed by atoms with Crippen LogP contribution in [0.1, 0.15) is 17.5 Å². The van der Waals surface area contributed by atoms with Gasteiger partial charge in [-0.05, 0) is 32.0 Å². The molecule has 0 unspecified atom stereocenters. The maximum Gasteiger partial charge on any atom is 0.263 e. The van der Waals surface area contributed by atoms with E-state index in [1.54, 1.807) is 13.0 Å². The van der Waals surface area contributed by atoms with Crippen LogP contribution in [0.3, 0.4) is 0 Å². The third-order valence-corrected chi connectivity index (χ3v) is 4.83. The Kier molecular flexibility index (Phi) is 4.76. The number of anilines is 1. The highest BCUT2D eigenvalue weighted by molar-refractivity contribution is 7.93. The van der Waals surface area contributed by atoms with Crippen LogP contribution in [0.2, 0.25) is 0 Å². The SMILES string of the molecule is CCOc1ccc(S(=O)(=O)Nc2nnc(C)s2)cc1CN. The maximum atomic E-state index is 12.3. The number of aryl methyl sites for hydroxylation is 1. The molecule has 0 fully saturated rings. The van der Waals surface area contributed by atoms with Gasteiger partial charge in [0, 0.05) is 12.1 Å². The number of hydrogen-bond acceptors (Lipinski definition) is 7. The van der Waals surface area contributed by atoms with Gasteiger partial charge in [0.1, 0.15) is 10.8 Å². The Morgan fingerprint density at radius 3 is 2.71 bits per heavy atom. The molecule has 114 valence electrons. The van der Waals surface area contributed by atoms with Crippen LogP contribution in [-0.2, 0) is 16.6 Å². The standard InChI is InChI=1S/C12H16N4O3S2/c1-3-19-11-5-4-10(6-9(11)7-13)21(17,18)16-12-15-14-8(2)20-12/h4-6H,3,7,13H2,1-2H3,(H,15,16). The second-order valence-electron chi connectivity index (χ2n) is 4.14. The zero-order valence-electron chi connectivity index (χ0n) is 11.7. The van der Waals surface area contributed by atoms with Crippen molar-refractivity contribution in [1.29, 1.82) is 0 Å². The quantitative estimate of drug-likeness (QED) is 0.832. The van der Waals surface area contributed by atoms with Gasteiger partial charge in [-0.3, -0.25) is 4.72 Å². The summed E-state index contributed by atoms with van der Waals surface area (Å²) in [6.07, 6.45) is 0. The smallest absolute Gasteiger partial charge is 0.263 e. The first-order chi connectivity index (χ1) is 9.96. The number of nitrogens with two attached hydrogens (primary N) is 1. The van der Waals surface area contributed by atoms with Crippen molar-refractivity contribution >= 4 is 26.5 Å². The predicted octanol–water partition coefficient (Wildman–Crippen LogP) is 1.50. The lowest BCUT2D eigenvalue weighted by Crippen LogP contribution is -2.14. The van der Waals surface area contributed by atoms with Crippen LogP contribution in [0.5, 0.6) is 5.75 Å². The molecule has 7 nitrogen and oxygen atoms in total. The number of ether oxygens (including phenoxy) is 1. The summed E-state index contributed by atoms with van der Waals surface area (Å²) in [6, 6.07) is 4.58. The molecule has 1 aromatic carbocycles. The minimum Gasteiger partial charge on any atom is -0.494 e. The van der Waals surface area contributed by atoms with Gasteiger partial charge in [-0.2, -0.15) is 0 Å². The number of hydrogen-bond donors (Lipinski definition) is 2. The van der Waals surface area contributed by atoms with Crippen LogP contribution in [0.25, 0.3) is 0 Å². The van der Waals surface area contributed by atoms with Gasteiger partial charge in [0.2, 0.25) is 5.13 Å². The summed E-state index contributed by atoms with van der Waals surface area (Å²) in [6.45, 7) is 4.28. The van der Waals surface area contributed by atoms with Crippen LogP contribution >= 0.6 is 11.3 Å². The Labute approximate surface area is 127 Å². The molecular formula is C12H16N4O3S2. The van der Waals surface area contributed by atoms with Crippen molar-refractivity contribution in [3.8, 4) is 5.75 Å². The molecule has 1 aromatic heterocycles. The summed E-state index contributed by atoms with van der Waals surface area (Å²) in [5.41, 5.74) is 6.27. The summed E-state index contributed by atoms with van der Waals surface area (Å²) in [4.78, 5) is 0.110. The van der Waals surface area contributed by atoms with Crippen molar-refractivity contribution in [3.63, 3.8) is 0 Å². The Morgan fingerprint density at radius 1 is 1.38 bits per heavy atom. The molecule has 3 N–H and O–H groups in total. The van der Waals surface area contributed by atoms with E-state index in [9.17, 15) is 8.42 Å². The van der Waals surface area contributed by atoms with Crippen molar-refractivity contribution in [2.75, 3.05) is 11.3 Å². The highest BCUT2D eigenvalue weighted by Crippen LogP contribution is 2.24. The molecule has 0 aliphatic carbocycles. The molecular weight excluding hydrogens is 312 g/mol. The van der Waals surface area contributed by atoms with E-state index in [-0.39, 0.29) is 16.6 Å². The van der Waals surface area contributed by atoms with Crippen molar-refractivity contribution in [1.82, 2.24) is 10.2 Å². The molecule has 0 radical (unpaired) electrons. The maximum absolute atomic E-state index is 12.3. The third-order valence-electron chi connectivity index (χ3n) is 2.61. The second kappa shape index (κ2) is 6.37. The summed E-state index contributed by atoms with van der Waals surface area (Å²) >= 11 is 1.17. The van der Waals surface area contributed by atoms with Gasteiger partial charge in [0.25, 0.3) is 10.0 Å². The van der Waals surface area contributed by atoms with E-state index in [4.69, 9.17) is 10.5 Å². The van der Waals surface area contributed by atoms with E-state index in [0.717, 1.165) is 0 Å². The van der Waals surface area contributed by atoms with Crippen molar-refractivity contribution in [2.24, 2.45) is 5.73 Å². The molecule has 0 saturated carbocycles. The first-order valence-electron chi connectivity index (χ1n) is 6.25. The first-order valence-corrected chi connectivity index (χ1v) is 8.55. The van der Waals surface area contributed by atoms with Gasteiger partial charge in [0.15, 0.2) is 0 Å². The average molecular weight is 328 g/mol. The van der Waals surface area contributed by atoms with E-state index in [1.165, 1.54) is 23.5 Å². The second-order valence-corrected chi connectivity index (χ2v) is 7.00. The van der Waals surface area contributed by atoms with Gasteiger partial charge in [-0.25, -0.2) is 8.42 Å². The largest absolute Gasteiger partial charge is 0.494 e. The average Bonchev–Trinajstić information content (AvgIpc) is 2.84. The van der Waals surface area contributed by atoms with Gasteiger partial charge >= 0.3 is 0 Å². The van der Waals surface area contributed by atoms with Crippen molar-refractivity contribution in [2.45, 2.75) is 25.3 Å². The lowest BCUT2D eigenvalue weighted by Gasteiger charge is -2.11. The number of nitrogens with zero attached hydrogens (tertiary/aromatic N) is 2. The Morgan fingerprint density at radius 2 is 2.14 bits per heavy atom. The predicted molar refractivity (Wildman–Crippen MR) is 81.0 cm³/mol. The van der Waals surface area contributed by atoms with Crippen molar-refractivity contribution < 1.29 is 13.2 Å². The van der Waals surface area contributed by atoms with Crippen LogP contribution in [-0.4, -0.2) is 25.2 Å². The molecule has 2 aromatic rings. The van der Waals surface area contributed by atoms with Gasteiger partial charge in [0.05, 0.1) is 11.5 Å². The number of aromatic nitrogens is 2. The van der Waals surface area contributed by atoms with Crippen LogP contribution in [0, 0.1) is 6.92 Å². The Hall–Kier alpha value is -1.71. The fraction of sp³-hybridized carbons (Fsp3) is 0.333. The summed E-state index contributed by atoms with van der Waals surface area (Å²) in [5.74, 6) is 0.589. The molecule has 0 amide bonds. The number of nitrogens with one attached hydrogen (secondary N) is 1. The molecule has 9 heteroatoms. The lowest BCUT2D eigenvalue weighted by molar-refractivity contribution is 0.336. The summed E-state index contributed by atoms with van der Waals surface area (Å²) in [5, 5.41) is 8.43. The number of benzene rings is 1. The molecule has 2 rings (SSSR count). The lowest BCUT2D eigenvalue weighted by atomic mass is 10.2. The molecule has 1 heterocycles. The molecule has 0 aliphatic heterocycles. The van der Waals surface area contributed by atoms with Crippen molar-refractivity contribution in [3.05, 3.63) is 28.8 Å².